The van der Waals surface area contributed by atoms with Gasteiger partial charge in [0, 0.05) is 12.7 Å². The third-order valence-electron chi connectivity index (χ3n) is 4.31. The van der Waals surface area contributed by atoms with Gasteiger partial charge in [0.15, 0.2) is 0 Å². The fourth-order valence-corrected chi connectivity index (χ4v) is 3.04. The van der Waals surface area contributed by atoms with Crippen LogP contribution in [0.25, 0.3) is 0 Å². The van der Waals surface area contributed by atoms with Gasteiger partial charge in [-0.05, 0) is 38.6 Å². The number of hydrogen-bond donors (Lipinski definition) is 1. The summed E-state index contributed by atoms with van der Waals surface area (Å²) in [5.74, 6) is -0.797. The molecule has 1 aliphatic carbocycles. The largest absolute Gasteiger partial charge is 0.480 e. The Kier molecular flexibility index (Phi) is 5.17. The molecule has 20 heavy (non-hydrogen) atoms. The van der Waals surface area contributed by atoms with Crippen LogP contribution in [0.15, 0.2) is 11.8 Å². The summed E-state index contributed by atoms with van der Waals surface area (Å²) in [4.78, 5) is 27.2. The third kappa shape index (κ3) is 3.60. The summed E-state index contributed by atoms with van der Waals surface area (Å²) in [5.41, 5.74) is 1.08. The molecule has 5 nitrogen and oxygen atoms in total. The molecule has 0 aromatic heterocycles. The Morgan fingerprint density at radius 1 is 1.35 bits per heavy atom. The normalized spacial score (nSPS) is 24.1. The molecule has 1 N–H and O–H groups in total. The molecule has 1 heterocycles. The zero-order chi connectivity index (χ0) is 14.5. The van der Waals surface area contributed by atoms with Crippen molar-refractivity contribution in [2.75, 3.05) is 20.1 Å². The summed E-state index contributed by atoms with van der Waals surface area (Å²) < 4.78 is 0. The van der Waals surface area contributed by atoms with Gasteiger partial charge in [-0.1, -0.05) is 18.9 Å². The standard InChI is InChI=1S/C15H24N2O3/c1-16(12-7-4-5-8-12)14(18)11-17-10-6-2-3-9-13(17)15(19)20/h7,13H,2-6,8-11H2,1H3,(H,19,20). The van der Waals surface area contributed by atoms with Crippen molar-refractivity contribution in [3.05, 3.63) is 11.8 Å². The Labute approximate surface area is 120 Å². The number of carbonyl (C=O) groups excluding carboxylic acids is 1. The minimum absolute atomic E-state index is 0.00583. The molecule has 1 saturated heterocycles. The van der Waals surface area contributed by atoms with Gasteiger partial charge in [0.05, 0.1) is 6.54 Å². The summed E-state index contributed by atoms with van der Waals surface area (Å²) in [6.45, 7) is 0.917. The van der Waals surface area contributed by atoms with Gasteiger partial charge in [-0.3, -0.25) is 14.5 Å². The summed E-state index contributed by atoms with van der Waals surface area (Å²) in [5, 5.41) is 9.32. The fourth-order valence-electron chi connectivity index (χ4n) is 3.04. The van der Waals surface area contributed by atoms with E-state index >= 15 is 0 Å². The van der Waals surface area contributed by atoms with E-state index in [0.29, 0.717) is 13.0 Å². The molecule has 0 aromatic carbocycles. The second-order valence-electron chi connectivity index (χ2n) is 5.71. The predicted molar refractivity (Wildman–Crippen MR) is 76.2 cm³/mol. The Bertz CT molecular complexity index is 406. The van der Waals surface area contributed by atoms with Crippen LogP contribution in [-0.2, 0) is 9.59 Å². The van der Waals surface area contributed by atoms with Crippen LogP contribution < -0.4 is 0 Å². The van der Waals surface area contributed by atoms with E-state index in [1.54, 1.807) is 11.9 Å². The number of allylic oxidation sites excluding steroid dienone is 2. The zero-order valence-electron chi connectivity index (χ0n) is 12.2. The number of carboxylic acids is 1. The summed E-state index contributed by atoms with van der Waals surface area (Å²) in [6, 6.07) is -0.507. The highest BCUT2D eigenvalue weighted by Gasteiger charge is 2.29. The summed E-state index contributed by atoms with van der Waals surface area (Å²) >= 11 is 0. The maximum atomic E-state index is 12.3. The molecule has 1 fully saturated rings. The van der Waals surface area contributed by atoms with Crippen molar-refractivity contribution >= 4 is 11.9 Å². The van der Waals surface area contributed by atoms with Gasteiger partial charge in [0.1, 0.15) is 6.04 Å². The van der Waals surface area contributed by atoms with Crippen molar-refractivity contribution in [1.29, 1.82) is 0 Å². The molecule has 5 heteroatoms. The molecule has 2 rings (SSSR count). The Morgan fingerprint density at radius 2 is 2.15 bits per heavy atom. The number of rotatable bonds is 4. The average molecular weight is 280 g/mol. The van der Waals surface area contributed by atoms with Crippen molar-refractivity contribution in [1.82, 2.24) is 9.80 Å². The highest BCUT2D eigenvalue weighted by molar-refractivity contribution is 5.81. The van der Waals surface area contributed by atoms with E-state index in [0.717, 1.165) is 44.2 Å². The van der Waals surface area contributed by atoms with Crippen LogP contribution in [0.5, 0.6) is 0 Å². The molecule has 0 spiro atoms. The Hall–Kier alpha value is -1.36. The maximum Gasteiger partial charge on any atom is 0.320 e. The van der Waals surface area contributed by atoms with Crippen LogP contribution in [0, 0.1) is 0 Å². The van der Waals surface area contributed by atoms with Crippen molar-refractivity contribution in [2.24, 2.45) is 0 Å². The molecule has 0 bridgehead atoms. The molecule has 0 aromatic rings. The number of nitrogens with zero attached hydrogens (tertiary/aromatic N) is 2. The minimum Gasteiger partial charge on any atom is -0.480 e. The lowest BCUT2D eigenvalue weighted by molar-refractivity contribution is -0.144. The van der Waals surface area contributed by atoms with Crippen LogP contribution in [-0.4, -0.2) is 53.0 Å². The lowest BCUT2D eigenvalue weighted by atomic mass is 10.1. The van der Waals surface area contributed by atoms with Gasteiger partial charge in [-0.25, -0.2) is 0 Å². The quantitative estimate of drug-likeness (QED) is 0.853. The molecular formula is C15H24N2O3. The van der Waals surface area contributed by atoms with E-state index in [-0.39, 0.29) is 12.5 Å². The number of likely N-dealkylation sites (tertiary alicyclic amines) is 1. The van der Waals surface area contributed by atoms with Gasteiger partial charge in [0.25, 0.3) is 0 Å². The number of aliphatic carboxylic acids is 1. The predicted octanol–water partition coefficient (Wildman–Crippen LogP) is 1.84. The van der Waals surface area contributed by atoms with E-state index in [9.17, 15) is 14.7 Å². The Balaban J connectivity index is 1.98. The van der Waals surface area contributed by atoms with E-state index in [2.05, 4.69) is 6.08 Å². The molecule has 0 saturated carbocycles. The third-order valence-corrected chi connectivity index (χ3v) is 4.31. The Morgan fingerprint density at radius 3 is 2.80 bits per heavy atom. The van der Waals surface area contributed by atoms with E-state index in [1.807, 2.05) is 4.90 Å². The van der Waals surface area contributed by atoms with E-state index in [1.165, 1.54) is 0 Å². The molecule has 1 aliphatic heterocycles. The fraction of sp³-hybridized carbons (Fsp3) is 0.733. The van der Waals surface area contributed by atoms with Gasteiger partial charge < -0.3 is 10.0 Å². The van der Waals surface area contributed by atoms with Crippen LogP contribution in [0.4, 0.5) is 0 Å². The maximum absolute atomic E-state index is 12.3. The zero-order valence-corrected chi connectivity index (χ0v) is 12.2. The molecular weight excluding hydrogens is 256 g/mol. The lowest BCUT2D eigenvalue weighted by Gasteiger charge is -2.28. The van der Waals surface area contributed by atoms with Crippen molar-refractivity contribution < 1.29 is 14.7 Å². The minimum atomic E-state index is -0.803. The van der Waals surface area contributed by atoms with Crippen molar-refractivity contribution in [3.8, 4) is 0 Å². The molecule has 1 amide bonds. The van der Waals surface area contributed by atoms with Gasteiger partial charge in [-0.2, -0.15) is 0 Å². The smallest absolute Gasteiger partial charge is 0.320 e. The second kappa shape index (κ2) is 6.88. The molecule has 2 aliphatic rings. The lowest BCUT2D eigenvalue weighted by Crippen LogP contribution is -2.46. The van der Waals surface area contributed by atoms with Crippen molar-refractivity contribution in [3.63, 3.8) is 0 Å². The SMILES string of the molecule is CN(C(=O)CN1CCCCCC1C(=O)O)C1=CCCC1. The molecule has 112 valence electrons. The first kappa shape index (κ1) is 15.0. The number of carboxylic acid groups (broad SMARTS) is 1. The number of carbonyl (C=O) groups is 2. The number of amides is 1. The monoisotopic (exact) mass is 280 g/mol. The first-order valence-electron chi connectivity index (χ1n) is 7.52. The van der Waals surface area contributed by atoms with E-state index in [4.69, 9.17) is 0 Å². The topological polar surface area (TPSA) is 60.9 Å². The number of likely N-dealkylation sites (N-methyl/N-ethyl adjacent to an activating group) is 1. The highest BCUT2D eigenvalue weighted by atomic mass is 16.4. The number of hydrogen-bond acceptors (Lipinski definition) is 3. The average Bonchev–Trinajstić information content (AvgIpc) is 2.85. The highest BCUT2D eigenvalue weighted by Crippen LogP contribution is 2.21. The first-order chi connectivity index (χ1) is 9.59. The van der Waals surface area contributed by atoms with Crippen LogP contribution in [0.2, 0.25) is 0 Å². The van der Waals surface area contributed by atoms with Gasteiger partial charge in [0.2, 0.25) is 5.91 Å². The van der Waals surface area contributed by atoms with Gasteiger partial charge in [-0.15, -0.1) is 0 Å². The van der Waals surface area contributed by atoms with Crippen LogP contribution in [0.1, 0.15) is 44.9 Å². The molecule has 1 unspecified atom stereocenters. The van der Waals surface area contributed by atoms with Crippen LogP contribution in [0.3, 0.4) is 0 Å². The second-order valence-corrected chi connectivity index (χ2v) is 5.71. The molecule has 1 atom stereocenters. The van der Waals surface area contributed by atoms with Crippen LogP contribution >= 0.6 is 0 Å². The van der Waals surface area contributed by atoms with Crippen molar-refractivity contribution in [2.45, 2.75) is 51.0 Å². The summed E-state index contributed by atoms with van der Waals surface area (Å²) in [6.07, 6.45) is 8.80. The molecule has 0 radical (unpaired) electrons. The van der Waals surface area contributed by atoms with Gasteiger partial charge >= 0.3 is 5.97 Å². The van der Waals surface area contributed by atoms with E-state index < -0.39 is 12.0 Å². The first-order valence-corrected chi connectivity index (χ1v) is 7.52. The summed E-state index contributed by atoms with van der Waals surface area (Å²) in [7, 11) is 1.80.